The predicted octanol–water partition coefficient (Wildman–Crippen LogP) is 4.22. The lowest BCUT2D eigenvalue weighted by molar-refractivity contribution is 0.102. The van der Waals surface area contributed by atoms with Crippen LogP contribution in [0.3, 0.4) is 0 Å². The van der Waals surface area contributed by atoms with Gasteiger partial charge in [-0.1, -0.05) is 37.3 Å². The summed E-state index contributed by atoms with van der Waals surface area (Å²) in [7, 11) is -3.32. The van der Waals surface area contributed by atoms with Crippen molar-refractivity contribution in [3.63, 3.8) is 0 Å². The van der Waals surface area contributed by atoms with E-state index in [2.05, 4.69) is 28.4 Å². The molecule has 3 aromatic rings. The molecule has 1 aromatic heterocycles. The maximum absolute atomic E-state index is 12.8. The molecule has 0 unspecified atom stereocenters. The minimum Gasteiger partial charge on any atom is -0.312 e. The molecule has 2 aromatic carbocycles. The van der Waals surface area contributed by atoms with Gasteiger partial charge in [-0.05, 0) is 41.8 Å². The van der Waals surface area contributed by atoms with Gasteiger partial charge in [-0.2, -0.15) is 5.26 Å². The van der Waals surface area contributed by atoms with Crippen LogP contribution in [0.5, 0.6) is 0 Å². The van der Waals surface area contributed by atoms with Crippen LogP contribution in [0.25, 0.3) is 0 Å². The SMILES string of the molecule is CCS(=O)(=O)c1ccc(C(=O)Nc2sc3c(c2C#N)CCN(Cc2ccccc2)C3)cc1. The summed E-state index contributed by atoms with van der Waals surface area (Å²) in [5.74, 6) is -0.353. The van der Waals surface area contributed by atoms with Crippen molar-refractivity contribution in [2.24, 2.45) is 0 Å². The summed E-state index contributed by atoms with van der Waals surface area (Å²) in [6.45, 7) is 4.02. The average Bonchev–Trinajstić information content (AvgIpc) is 3.15. The number of hydrogen-bond acceptors (Lipinski definition) is 6. The van der Waals surface area contributed by atoms with E-state index in [9.17, 15) is 18.5 Å². The lowest BCUT2D eigenvalue weighted by Gasteiger charge is -2.26. The number of nitriles is 1. The van der Waals surface area contributed by atoms with Crippen LogP contribution in [0.2, 0.25) is 0 Å². The third kappa shape index (κ3) is 4.60. The van der Waals surface area contributed by atoms with E-state index < -0.39 is 9.84 Å². The molecular formula is C24H23N3O3S2. The summed E-state index contributed by atoms with van der Waals surface area (Å²) >= 11 is 1.44. The number of benzene rings is 2. The number of amides is 1. The van der Waals surface area contributed by atoms with Gasteiger partial charge in [0.05, 0.1) is 16.2 Å². The minimum absolute atomic E-state index is 0.00606. The second kappa shape index (κ2) is 9.25. The number of nitrogens with one attached hydrogen (secondary N) is 1. The highest BCUT2D eigenvalue weighted by Gasteiger charge is 2.25. The number of hydrogen-bond donors (Lipinski definition) is 1. The molecule has 0 fully saturated rings. The van der Waals surface area contributed by atoms with Gasteiger partial charge < -0.3 is 5.32 Å². The normalized spacial score (nSPS) is 13.9. The Morgan fingerprint density at radius 3 is 2.53 bits per heavy atom. The third-order valence-electron chi connectivity index (χ3n) is 5.58. The minimum atomic E-state index is -3.32. The summed E-state index contributed by atoms with van der Waals surface area (Å²) in [6, 6.07) is 18.4. The number of thiophene rings is 1. The summed E-state index contributed by atoms with van der Waals surface area (Å²) in [4.78, 5) is 16.4. The van der Waals surface area contributed by atoms with E-state index in [1.165, 1.54) is 41.2 Å². The van der Waals surface area contributed by atoms with E-state index in [-0.39, 0.29) is 16.6 Å². The largest absolute Gasteiger partial charge is 0.312 e. The van der Waals surface area contributed by atoms with Crippen LogP contribution in [0, 0.1) is 11.3 Å². The smallest absolute Gasteiger partial charge is 0.256 e. The molecule has 0 radical (unpaired) electrons. The molecular weight excluding hydrogens is 442 g/mol. The highest BCUT2D eigenvalue weighted by atomic mass is 32.2. The van der Waals surface area contributed by atoms with E-state index in [4.69, 9.17) is 0 Å². The highest BCUT2D eigenvalue weighted by molar-refractivity contribution is 7.91. The first-order valence-corrected chi connectivity index (χ1v) is 12.8. The van der Waals surface area contributed by atoms with E-state index in [1.54, 1.807) is 6.92 Å². The zero-order valence-corrected chi connectivity index (χ0v) is 19.3. The fraction of sp³-hybridized carbons (Fsp3) is 0.250. The Morgan fingerprint density at radius 1 is 1.16 bits per heavy atom. The van der Waals surface area contributed by atoms with Crippen LogP contribution in [0.1, 0.15) is 38.8 Å². The molecule has 4 rings (SSSR count). The number of rotatable bonds is 6. The third-order valence-corrected chi connectivity index (χ3v) is 8.46. The molecule has 1 N–H and O–H groups in total. The van der Waals surface area contributed by atoms with Gasteiger partial charge in [0.15, 0.2) is 9.84 Å². The van der Waals surface area contributed by atoms with Gasteiger partial charge >= 0.3 is 0 Å². The predicted molar refractivity (Wildman–Crippen MR) is 125 cm³/mol. The van der Waals surface area contributed by atoms with Gasteiger partial charge in [0.2, 0.25) is 0 Å². The first kappa shape index (κ1) is 22.2. The highest BCUT2D eigenvalue weighted by Crippen LogP contribution is 2.37. The lowest BCUT2D eigenvalue weighted by Crippen LogP contribution is -2.29. The molecule has 0 spiro atoms. The summed E-state index contributed by atoms with van der Waals surface area (Å²) in [5, 5.41) is 13.1. The fourth-order valence-corrected chi connectivity index (χ4v) is 5.91. The van der Waals surface area contributed by atoms with Gasteiger partial charge in [-0.15, -0.1) is 11.3 Å². The van der Waals surface area contributed by atoms with Crippen LogP contribution in [-0.4, -0.2) is 31.5 Å². The molecule has 1 aliphatic heterocycles. The van der Waals surface area contributed by atoms with Crippen molar-refractivity contribution < 1.29 is 13.2 Å². The Kier molecular flexibility index (Phi) is 6.42. The number of carbonyl (C=O) groups excluding carboxylic acids is 1. The quantitative estimate of drug-likeness (QED) is 0.589. The molecule has 0 aliphatic carbocycles. The van der Waals surface area contributed by atoms with Crippen molar-refractivity contribution in [2.45, 2.75) is 31.3 Å². The molecule has 8 heteroatoms. The van der Waals surface area contributed by atoms with Crippen molar-refractivity contribution in [3.05, 3.63) is 81.7 Å². The molecule has 0 saturated heterocycles. The monoisotopic (exact) mass is 465 g/mol. The fourth-order valence-electron chi connectivity index (χ4n) is 3.79. The van der Waals surface area contributed by atoms with Crippen molar-refractivity contribution in [1.82, 2.24) is 4.90 Å². The number of sulfone groups is 1. The average molecular weight is 466 g/mol. The lowest BCUT2D eigenvalue weighted by atomic mass is 10.0. The van der Waals surface area contributed by atoms with E-state index in [0.717, 1.165) is 36.5 Å². The van der Waals surface area contributed by atoms with Gasteiger partial charge in [0, 0.05) is 30.1 Å². The maximum Gasteiger partial charge on any atom is 0.256 e. The van der Waals surface area contributed by atoms with Crippen LogP contribution in [0.15, 0.2) is 59.5 Å². The second-order valence-electron chi connectivity index (χ2n) is 7.65. The van der Waals surface area contributed by atoms with Crippen molar-refractivity contribution in [1.29, 1.82) is 5.26 Å². The Labute approximate surface area is 192 Å². The second-order valence-corrected chi connectivity index (χ2v) is 11.0. The van der Waals surface area contributed by atoms with Crippen LogP contribution in [0.4, 0.5) is 5.00 Å². The molecule has 2 heterocycles. The number of carbonyl (C=O) groups is 1. The maximum atomic E-state index is 12.8. The van der Waals surface area contributed by atoms with Gasteiger partial charge in [0.1, 0.15) is 11.1 Å². The molecule has 0 atom stereocenters. The molecule has 164 valence electrons. The van der Waals surface area contributed by atoms with E-state index in [0.29, 0.717) is 16.1 Å². The molecule has 1 amide bonds. The van der Waals surface area contributed by atoms with E-state index in [1.807, 2.05) is 18.2 Å². The first-order valence-electron chi connectivity index (χ1n) is 10.4. The first-order chi connectivity index (χ1) is 15.4. The number of fused-ring (bicyclic) bond motifs is 1. The van der Waals surface area contributed by atoms with Crippen molar-refractivity contribution in [2.75, 3.05) is 17.6 Å². The molecule has 0 bridgehead atoms. The topological polar surface area (TPSA) is 90.3 Å². The molecule has 0 saturated carbocycles. The van der Waals surface area contributed by atoms with E-state index >= 15 is 0 Å². The Morgan fingerprint density at radius 2 is 1.88 bits per heavy atom. The molecule has 6 nitrogen and oxygen atoms in total. The zero-order chi connectivity index (χ0) is 22.7. The van der Waals surface area contributed by atoms with Crippen molar-refractivity contribution >= 4 is 32.1 Å². The zero-order valence-electron chi connectivity index (χ0n) is 17.7. The summed E-state index contributed by atoms with van der Waals surface area (Å²) in [6.07, 6.45) is 0.765. The Balaban J connectivity index is 1.50. The van der Waals surface area contributed by atoms with Crippen molar-refractivity contribution in [3.8, 4) is 6.07 Å². The summed E-state index contributed by atoms with van der Waals surface area (Å²) in [5.41, 5.74) is 3.14. The van der Waals surface area contributed by atoms with Gasteiger partial charge in [-0.3, -0.25) is 9.69 Å². The van der Waals surface area contributed by atoms with Crippen LogP contribution < -0.4 is 5.32 Å². The standard InChI is InChI=1S/C24H23N3O3S2/c1-2-32(29,30)19-10-8-18(9-11-19)23(28)26-24-21(14-25)20-12-13-27(16-22(20)31-24)15-17-6-4-3-5-7-17/h3-11H,2,12-13,15-16H2,1H3,(H,26,28). The van der Waals surface area contributed by atoms with Crippen LogP contribution in [-0.2, 0) is 29.3 Å². The number of nitrogens with zero attached hydrogens (tertiary/aromatic N) is 2. The summed E-state index contributed by atoms with van der Waals surface area (Å²) < 4.78 is 23.9. The number of anilines is 1. The Bertz CT molecular complexity index is 1270. The Hall–Kier alpha value is -2.99. The van der Waals surface area contributed by atoms with Gasteiger partial charge in [0.25, 0.3) is 5.91 Å². The van der Waals surface area contributed by atoms with Crippen LogP contribution >= 0.6 is 11.3 Å². The molecule has 32 heavy (non-hydrogen) atoms. The van der Waals surface area contributed by atoms with Gasteiger partial charge in [-0.25, -0.2) is 8.42 Å². The molecule has 1 aliphatic rings.